The van der Waals surface area contributed by atoms with Crippen LogP contribution in [0.25, 0.3) is 0 Å². The van der Waals surface area contributed by atoms with Crippen LogP contribution in [0.15, 0.2) is 53.2 Å². The number of carbonyl (C=O) groups is 3. The van der Waals surface area contributed by atoms with Crippen molar-refractivity contribution in [2.45, 2.75) is 57.8 Å². The van der Waals surface area contributed by atoms with Crippen LogP contribution in [-0.4, -0.2) is 61.5 Å². The van der Waals surface area contributed by atoms with E-state index in [0.717, 1.165) is 22.6 Å². The van der Waals surface area contributed by atoms with Crippen molar-refractivity contribution >= 4 is 40.8 Å². The zero-order valence-corrected chi connectivity index (χ0v) is 25.7. The van der Waals surface area contributed by atoms with Crippen molar-refractivity contribution in [2.24, 2.45) is 0 Å². The van der Waals surface area contributed by atoms with E-state index >= 15 is 0 Å². The molecule has 1 aromatic carbocycles. The zero-order chi connectivity index (χ0) is 29.9. The quantitative estimate of drug-likeness (QED) is 0.216. The lowest BCUT2D eigenvalue weighted by molar-refractivity contribution is -0.141. The Balaban J connectivity index is 1.43. The smallest absolute Gasteiger partial charge is 0.410 e. The van der Waals surface area contributed by atoms with E-state index in [-0.39, 0.29) is 19.8 Å². The van der Waals surface area contributed by atoms with E-state index in [2.05, 4.69) is 12.2 Å². The van der Waals surface area contributed by atoms with E-state index in [1.54, 1.807) is 52.8 Å². The normalized spacial score (nSPS) is 13.2. The van der Waals surface area contributed by atoms with Crippen molar-refractivity contribution in [1.82, 2.24) is 15.1 Å². The van der Waals surface area contributed by atoms with Crippen molar-refractivity contribution in [2.75, 3.05) is 27.6 Å². The van der Waals surface area contributed by atoms with E-state index in [1.807, 2.05) is 35.0 Å². The molecule has 226 valence electrons. The molecule has 0 radical (unpaired) electrons. The maximum Gasteiger partial charge on any atom is 0.410 e. The highest BCUT2D eigenvalue weighted by Crippen LogP contribution is 2.36. The van der Waals surface area contributed by atoms with Gasteiger partial charge in [0.2, 0.25) is 6.79 Å². The Bertz CT molecular complexity index is 1260. The number of nitrogens with one attached hydrogen (secondary N) is 1. The second-order valence-corrected chi connectivity index (χ2v) is 12.0. The second kappa shape index (κ2) is 15.5. The maximum absolute atomic E-state index is 13.5. The van der Waals surface area contributed by atoms with Crippen LogP contribution < -0.4 is 14.8 Å². The number of methoxy groups -OCH3 is 1. The number of rotatable bonds is 14. The van der Waals surface area contributed by atoms with Crippen LogP contribution in [0.5, 0.6) is 11.5 Å². The van der Waals surface area contributed by atoms with Gasteiger partial charge in [0.05, 0.1) is 38.7 Å². The number of fused-ring (bicyclic) bond motifs is 1. The number of hydrogen-bond donors (Lipinski definition) is 1. The van der Waals surface area contributed by atoms with E-state index in [9.17, 15) is 14.4 Å². The molecule has 0 aliphatic carbocycles. The van der Waals surface area contributed by atoms with Gasteiger partial charge in [-0.05, 0) is 47.0 Å². The highest BCUT2D eigenvalue weighted by molar-refractivity contribution is 7.10. The van der Waals surface area contributed by atoms with E-state index < -0.39 is 30.2 Å². The molecule has 3 heterocycles. The molecule has 0 unspecified atom stereocenters. The predicted octanol–water partition coefficient (Wildman–Crippen LogP) is 6.18. The molecule has 12 heteroatoms. The number of hydrogen-bond acceptors (Lipinski definition) is 9. The summed E-state index contributed by atoms with van der Waals surface area (Å²) in [5.74, 6) is 0.709. The van der Waals surface area contributed by atoms with Crippen LogP contribution >= 0.6 is 22.7 Å². The molecule has 42 heavy (non-hydrogen) atoms. The molecule has 1 aliphatic rings. The number of ether oxygens (including phenoxy) is 4. The summed E-state index contributed by atoms with van der Waals surface area (Å²) in [5, 5.41) is 6.98. The minimum absolute atomic E-state index is 0.0233. The fourth-order valence-corrected chi connectivity index (χ4v) is 5.97. The molecule has 2 atom stereocenters. The molecule has 1 aliphatic heterocycles. The fraction of sp³-hybridized carbons (Fsp3) is 0.433. The summed E-state index contributed by atoms with van der Waals surface area (Å²) in [5.41, 5.74) is 0.705. The van der Waals surface area contributed by atoms with Crippen molar-refractivity contribution in [3.05, 3.63) is 68.5 Å². The Hall–Kier alpha value is -3.77. The minimum Gasteiger partial charge on any atom is -0.469 e. The predicted molar refractivity (Wildman–Crippen MR) is 161 cm³/mol. The number of urea groups is 1. The lowest BCUT2D eigenvalue weighted by Gasteiger charge is -2.30. The van der Waals surface area contributed by atoms with Gasteiger partial charge in [-0.1, -0.05) is 38.0 Å². The summed E-state index contributed by atoms with van der Waals surface area (Å²) in [6, 6.07) is 11.8. The van der Waals surface area contributed by atoms with Crippen LogP contribution in [-0.2, 0) is 27.4 Å². The topological polar surface area (TPSA) is 107 Å². The van der Waals surface area contributed by atoms with Gasteiger partial charge in [-0.2, -0.15) is 0 Å². The molecule has 4 rings (SSSR count). The Labute approximate surface area is 254 Å². The second-order valence-electron chi connectivity index (χ2n) is 9.90. The molecule has 3 aromatic rings. The van der Waals surface area contributed by atoms with E-state index in [0.29, 0.717) is 36.6 Å². The summed E-state index contributed by atoms with van der Waals surface area (Å²) >= 11 is 3.17. The van der Waals surface area contributed by atoms with Crippen LogP contribution in [0.2, 0.25) is 0 Å². The van der Waals surface area contributed by atoms with Gasteiger partial charge in [0, 0.05) is 16.8 Å². The number of carbonyl (C=O) groups excluding carboxylic acids is 3. The fourth-order valence-electron chi connectivity index (χ4n) is 4.54. The largest absolute Gasteiger partial charge is 0.469 e. The standard InChI is InChI=1S/C30H37N3O7S2/c1-4-5-8-22(19-38-30(36)33(17-23-9-6-13-41-23)18-24-10-7-14-42-24)31-29(35)32(2)25(16-28(34)37-3)21-11-12-26-27(15-21)40-20-39-26/h6-7,9-15,22,25H,4-5,8,16-20H2,1-3H3,(H,31,35)/t22-,25-/m0/s1. The average Bonchev–Trinajstić information content (AvgIpc) is 3.79. The first-order chi connectivity index (χ1) is 20.4. The third-order valence-electron chi connectivity index (χ3n) is 6.91. The van der Waals surface area contributed by atoms with Gasteiger partial charge in [0.1, 0.15) is 6.61 Å². The molecular formula is C30H37N3O7S2. The first-order valence-corrected chi connectivity index (χ1v) is 15.6. The molecular weight excluding hydrogens is 578 g/mol. The van der Waals surface area contributed by atoms with Crippen molar-refractivity contribution in [3.63, 3.8) is 0 Å². The molecule has 0 saturated heterocycles. The first-order valence-electron chi connectivity index (χ1n) is 13.8. The number of nitrogens with zero attached hydrogens (tertiary/aromatic N) is 2. The Morgan fingerprint density at radius 1 is 1.02 bits per heavy atom. The maximum atomic E-state index is 13.5. The first kappa shape index (κ1) is 31.2. The number of unbranched alkanes of at least 4 members (excludes halogenated alkanes) is 1. The highest BCUT2D eigenvalue weighted by Gasteiger charge is 2.29. The van der Waals surface area contributed by atoms with Crippen LogP contribution in [0.4, 0.5) is 9.59 Å². The summed E-state index contributed by atoms with van der Waals surface area (Å²) in [7, 11) is 2.94. The number of thiophene rings is 2. The lowest BCUT2D eigenvalue weighted by Crippen LogP contribution is -2.47. The van der Waals surface area contributed by atoms with E-state index in [4.69, 9.17) is 18.9 Å². The summed E-state index contributed by atoms with van der Waals surface area (Å²) in [4.78, 5) is 44.3. The van der Waals surface area contributed by atoms with E-state index in [1.165, 1.54) is 12.0 Å². The number of amides is 3. The molecule has 0 bridgehead atoms. The monoisotopic (exact) mass is 615 g/mol. The van der Waals surface area contributed by atoms with Gasteiger partial charge < -0.3 is 29.2 Å². The molecule has 0 saturated carbocycles. The zero-order valence-electron chi connectivity index (χ0n) is 24.1. The Morgan fingerprint density at radius 2 is 1.71 bits per heavy atom. The molecule has 1 N–H and O–H groups in total. The van der Waals surface area contributed by atoms with Crippen LogP contribution in [0.1, 0.15) is 54.0 Å². The lowest BCUT2D eigenvalue weighted by atomic mass is 10.0. The molecule has 3 amide bonds. The van der Waals surface area contributed by atoms with Gasteiger partial charge in [0.25, 0.3) is 0 Å². The van der Waals surface area contributed by atoms with Crippen LogP contribution in [0.3, 0.4) is 0 Å². The summed E-state index contributed by atoms with van der Waals surface area (Å²) < 4.78 is 21.6. The van der Waals surface area contributed by atoms with Gasteiger partial charge in [0.15, 0.2) is 11.5 Å². The SMILES string of the molecule is CCCC[C@@H](COC(=O)N(Cc1cccs1)Cc1cccs1)NC(=O)N(C)[C@@H](CC(=O)OC)c1ccc2c(c1)OCO2. The van der Waals surface area contributed by atoms with Gasteiger partial charge in [-0.15, -0.1) is 22.7 Å². The number of esters is 1. The minimum atomic E-state index is -0.617. The third-order valence-corrected chi connectivity index (χ3v) is 8.63. The average molecular weight is 616 g/mol. The van der Waals surface area contributed by atoms with Gasteiger partial charge in [-0.3, -0.25) is 9.69 Å². The van der Waals surface area contributed by atoms with Crippen molar-refractivity contribution in [1.29, 1.82) is 0 Å². The Kier molecular flexibility index (Phi) is 11.5. The molecule has 2 aromatic heterocycles. The van der Waals surface area contributed by atoms with Crippen LogP contribution in [0, 0.1) is 0 Å². The van der Waals surface area contributed by atoms with Crippen molar-refractivity contribution in [3.8, 4) is 11.5 Å². The van der Waals surface area contributed by atoms with Crippen molar-refractivity contribution < 1.29 is 33.3 Å². The molecule has 0 spiro atoms. The van der Waals surface area contributed by atoms with Gasteiger partial charge >= 0.3 is 18.1 Å². The highest BCUT2D eigenvalue weighted by atomic mass is 32.1. The van der Waals surface area contributed by atoms with Gasteiger partial charge in [-0.25, -0.2) is 9.59 Å². The Morgan fingerprint density at radius 3 is 2.33 bits per heavy atom. The number of benzene rings is 1. The summed E-state index contributed by atoms with van der Waals surface area (Å²) in [6.07, 6.45) is 1.90. The molecule has 10 nitrogen and oxygen atoms in total. The summed E-state index contributed by atoms with van der Waals surface area (Å²) in [6.45, 7) is 3.08. The third kappa shape index (κ3) is 8.62. The molecule has 0 fully saturated rings.